The van der Waals surface area contributed by atoms with Gasteiger partial charge in [0.25, 0.3) is 0 Å². The van der Waals surface area contributed by atoms with Crippen LogP contribution in [0.15, 0.2) is 22.8 Å². The van der Waals surface area contributed by atoms with Crippen LogP contribution in [0.1, 0.15) is 18.2 Å². The lowest BCUT2D eigenvalue weighted by Crippen LogP contribution is -2.36. The second-order valence-electron chi connectivity index (χ2n) is 3.79. The van der Waals surface area contributed by atoms with Crippen LogP contribution in [0.5, 0.6) is 0 Å². The first-order chi connectivity index (χ1) is 8.45. The van der Waals surface area contributed by atoms with Gasteiger partial charge in [-0.3, -0.25) is 4.98 Å². The lowest BCUT2D eigenvalue weighted by atomic mass is 10.1. The minimum Gasteiger partial charge on any atom is -0.320 e. The van der Waals surface area contributed by atoms with E-state index in [2.05, 4.69) is 31.5 Å². The van der Waals surface area contributed by atoms with Crippen LogP contribution in [0, 0.1) is 0 Å². The minimum atomic E-state index is -4.35. The Bertz CT molecular complexity index is 359. The second-order valence-corrected chi connectivity index (χ2v) is 4.70. The molecule has 0 aliphatic carbocycles. The van der Waals surface area contributed by atoms with Crippen molar-refractivity contribution < 1.29 is 13.2 Å². The van der Waals surface area contributed by atoms with Gasteiger partial charge in [-0.25, -0.2) is 0 Å². The number of rotatable bonds is 6. The molecule has 0 saturated heterocycles. The van der Waals surface area contributed by atoms with Gasteiger partial charge in [-0.05, 0) is 54.6 Å². The molecule has 1 aromatic heterocycles. The molecule has 1 heterocycles. The second kappa shape index (κ2) is 8.73. The van der Waals surface area contributed by atoms with Crippen LogP contribution >= 0.6 is 28.3 Å². The smallest absolute Gasteiger partial charge is 0.320 e. The van der Waals surface area contributed by atoms with Crippen LogP contribution in [0.4, 0.5) is 13.2 Å². The molecule has 0 spiro atoms. The topological polar surface area (TPSA) is 37.0 Å². The molecule has 0 radical (unpaired) electrons. The lowest BCUT2D eigenvalue weighted by molar-refractivity contribution is -0.158. The fourth-order valence-corrected chi connectivity index (χ4v) is 1.69. The number of hydrogen-bond acceptors (Lipinski definition) is 3. The molecule has 0 aliphatic heterocycles. The van der Waals surface area contributed by atoms with Crippen molar-refractivity contribution in [1.82, 2.24) is 15.6 Å². The van der Waals surface area contributed by atoms with Gasteiger partial charge in [0.05, 0.1) is 5.69 Å². The summed E-state index contributed by atoms with van der Waals surface area (Å²) < 4.78 is 39.3. The number of pyridine rings is 1. The van der Waals surface area contributed by atoms with Crippen molar-refractivity contribution in [3.63, 3.8) is 0 Å². The van der Waals surface area contributed by atoms with E-state index in [1.54, 1.807) is 13.1 Å². The van der Waals surface area contributed by atoms with Crippen molar-refractivity contribution in [3.8, 4) is 0 Å². The standard InChI is InChI=1S/C11H15BrF3N3.ClH/c1-16-5-2-6-17-10(11(13,14)15)9-4-3-8(12)7-18-9;/h3-4,7,10,16-17H,2,5-6H2,1H3;1H. The van der Waals surface area contributed by atoms with Crippen molar-refractivity contribution in [2.75, 3.05) is 20.1 Å². The van der Waals surface area contributed by atoms with E-state index in [0.29, 0.717) is 17.4 Å². The molecule has 0 bridgehead atoms. The third-order valence-corrected chi connectivity index (χ3v) is 2.79. The van der Waals surface area contributed by atoms with Crippen LogP contribution < -0.4 is 10.6 Å². The largest absolute Gasteiger partial charge is 0.409 e. The van der Waals surface area contributed by atoms with Crippen molar-refractivity contribution in [2.24, 2.45) is 0 Å². The summed E-state index contributed by atoms with van der Waals surface area (Å²) in [7, 11) is 1.76. The average Bonchev–Trinajstić information content (AvgIpc) is 2.29. The number of halogens is 5. The highest BCUT2D eigenvalue weighted by atomic mass is 79.9. The van der Waals surface area contributed by atoms with Gasteiger partial charge in [-0.15, -0.1) is 12.4 Å². The summed E-state index contributed by atoms with van der Waals surface area (Å²) in [6.45, 7) is 0.952. The number of hydrogen-bond donors (Lipinski definition) is 2. The molecule has 1 unspecified atom stereocenters. The number of aromatic nitrogens is 1. The summed E-state index contributed by atoms with van der Waals surface area (Å²) in [5.41, 5.74) is -0.0184. The highest BCUT2D eigenvalue weighted by Crippen LogP contribution is 2.31. The van der Waals surface area contributed by atoms with E-state index in [-0.39, 0.29) is 24.6 Å². The van der Waals surface area contributed by atoms with Crippen LogP contribution in [0.3, 0.4) is 0 Å². The Balaban J connectivity index is 0.00000324. The SMILES string of the molecule is CNCCCNC(c1ccc(Br)cn1)C(F)(F)F.Cl. The molecule has 19 heavy (non-hydrogen) atoms. The van der Waals surface area contributed by atoms with Crippen molar-refractivity contribution in [2.45, 2.75) is 18.6 Å². The first-order valence-electron chi connectivity index (χ1n) is 5.51. The molecule has 0 amide bonds. The molecule has 0 aliphatic rings. The fourth-order valence-electron chi connectivity index (χ4n) is 1.46. The number of nitrogens with one attached hydrogen (secondary N) is 2. The molecular formula is C11H16BrClF3N3. The highest BCUT2D eigenvalue weighted by Gasteiger charge is 2.41. The maximum Gasteiger partial charge on any atom is 0.409 e. The average molecular weight is 363 g/mol. The van der Waals surface area contributed by atoms with Crippen molar-refractivity contribution >= 4 is 28.3 Å². The van der Waals surface area contributed by atoms with E-state index in [0.717, 1.165) is 0 Å². The van der Waals surface area contributed by atoms with E-state index in [1.165, 1.54) is 12.3 Å². The summed E-state index contributed by atoms with van der Waals surface area (Å²) in [4.78, 5) is 3.80. The molecule has 1 aromatic rings. The Morgan fingerprint density at radius 1 is 1.32 bits per heavy atom. The highest BCUT2D eigenvalue weighted by molar-refractivity contribution is 9.10. The van der Waals surface area contributed by atoms with Crippen molar-refractivity contribution in [3.05, 3.63) is 28.5 Å². The quantitative estimate of drug-likeness (QED) is 0.764. The minimum absolute atomic E-state index is 0. The van der Waals surface area contributed by atoms with Crippen LogP contribution in [-0.2, 0) is 0 Å². The molecular weight excluding hydrogens is 346 g/mol. The third kappa shape index (κ3) is 6.56. The van der Waals surface area contributed by atoms with Gasteiger partial charge >= 0.3 is 6.18 Å². The molecule has 1 rings (SSSR count). The Morgan fingerprint density at radius 3 is 2.47 bits per heavy atom. The predicted molar refractivity (Wildman–Crippen MR) is 74.5 cm³/mol. The first-order valence-corrected chi connectivity index (χ1v) is 6.30. The zero-order valence-electron chi connectivity index (χ0n) is 10.3. The number of alkyl halides is 3. The Morgan fingerprint density at radius 2 is 2.00 bits per heavy atom. The van der Waals surface area contributed by atoms with Crippen LogP contribution in [-0.4, -0.2) is 31.3 Å². The molecule has 0 aromatic carbocycles. The van der Waals surface area contributed by atoms with Gasteiger partial charge < -0.3 is 10.6 Å². The van der Waals surface area contributed by atoms with Gasteiger partial charge in [0.1, 0.15) is 6.04 Å². The molecule has 3 nitrogen and oxygen atoms in total. The summed E-state index contributed by atoms with van der Waals surface area (Å²) in [6, 6.07) is 1.20. The van der Waals surface area contributed by atoms with Gasteiger partial charge in [-0.1, -0.05) is 0 Å². The predicted octanol–water partition coefficient (Wildman–Crippen LogP) is 3.07. The molecule has 1 atom stereocenters. The van der Waals surface area contributed by atoms with E-state index in [9.17, 15) is 13.2 Å². The third-order valence-electron chi connectivity index (χ3n) is 2.33. The van der Waals surface area contributed by atoms with Gasteiger partial charge in [0.15, 0.2) is 0 Å². The lowest BCUT2D eigenvalue weighted by Gasteiger charge is -2.21. The Labute approximate surface area is 124 Å². The zero-order chi connectivity index (χ0) is 13.6. The molecule has 8 heteroatoms. The number of nitrogens with zero attached hydrogens (tertiary/aromatic N) is 1. The summed E-state index contributed by atoms with van der Waals surface area (Å²) >= 11 is 3.15. The molecule has 2 N–H and O–H groups in total. The first kappa shape index (κ1) is 18.6. The molecule has 110 valence electrons. The normalized spacial score (nSPS) is 12.9. The maximum absolute atomic E-state index is 12.9. The van der Waals surface area contributed by atoms with E-state index >= 15 is 0 Å². The Kier molecular flexibility index (Phi) is 8.56. The van der Waals surface area contributed by atoms with E-state index in [4.69, 9.17) is 0 Å². The van der Waals surface area contributed by atoms with E-state index in [1.807, 2.05) is 0 Å². The van der Waals surface area contributed by atoms with Crippen LogP contribution in [0.2, 0.25) is 0 Å². The molecule has 0 fully saturated rings. The maximum atomic E-state index is 12.9. The van der Waals surface area contributed by atoms with Gasteiger partial charge in [-0.2, -0.15) is 13.2 Å². The molecule has 0 saturated carbocycles. The fraction of sp³-hybridized carbons (Fsp3) is 0.545. The van der Waals surface area contributed by atoms with Crippen molar-refractivity contribution in [1.29, 1.82) is 0 Å². The summed E-state index contributed by atoms with van der Waals surface area (Å²) in [5, 5.41) is 5.37. The van der Waals surface area contributed by atoms with Crippen LogP contribution in [0.25, 0.3) is 0 Å². The Hall–Kier alpha value is -0.370. The van der Waals surface area contributed by atoms with Gasteiger partial charge in [0, 0.05) is 10.7 Å². The monoisotopic (exact) mass is 361 g/mol. The zero-order valence-corrected chi connectivity index (χ0v) is 12.7. The summed E-state index contributed by atoms with van der Waals surface area (Å²) in [5.74, 6) is 0. The summed E-state index contributed by atoms with van der Waals surface area (Å²) in [6.07, 6.45) is -2.36. The van der Waals surface area contributed by atoms with E-state index < -0.39 is 12.2 Å². The van der Waals surface area contributed by atoms with Gasteiger partial charge in [0.2, 0.25) is 0 Å².